The van der Waals surface area contributed by atoms with Gasteiger partial charge in [-0.2, -0.15) is 5.10 Å². The summed E-state index contributed by atoms with van der Waals surface area (Å²) in [4.78, 5) is 29.3. The number of carbonyl (C=O) groups excluding carboxylic acids is 1. The maximum absolute atomic E-state index is 13.3. The molecule has 1 N–H and O–H groups in total. The maximum atomic E-state index is 13.3. The highest BCUT2D eigenvalue weighted by Gasteiger charge is 2.27. The highest BCUT2D eigenvalue weighted by molar-refractivity contribution is 5.87. The number of aromatic nitrogens is 3. The molecule has 0 saturated heterocycles. The van der Waals surface area contributed by atoms with Gasteiger partial charge in [-0.1, -0.05) is 33.3 Å². The van der Waals surface area contributed by atoms with E-state index in [0.29, 0.717) is 18.3 Å². The van der Waals surface area contributed by atoms with Crippen molar-refractivity contribution >= 4 is 34.8 Å². The minimum absolute atomic E-state index is 0.114. The third-order valence-electron chi connectivity index (χ3n) is 9.12. The van der Waals surface area contributed by atoms with Gasteiger partial charge in [-0.15, -0.1) is 0 Å². The molecular formula is C41H57N7O3. The van der Waals surface area contributed by atoms with Crippen LogP contribution in [0.2, 0.25) is 0 Å². The number of aryl methyl sites for hydroxylation is 3. The Hall–Kier alpha value is -4.73. The van der Waals surface area contributed by atoms with E-state index in [0.717, 1.165) is 89.3 Å². The van der Waals surface area contributed by atoms with Crippen molar-refractivity contribution in [3.8, 4) is 5.75 Å². The molecule has 3 heterocycles. The number of rotatable bonds is 15. The van der Waals surface area contributed by atoms with Crippen LogP contribution in [0.4, 0.5) is 16.3 Å². The van der Waals surface area contributed by atoms with Crippen LogP contribution in [0.25, 0.3) is 11.0 Å². The van der Waals surface area contributed by atoms with Crippen molar-refractivity contribution < 1.29 is 14.3 Å². The van der Waals surface area contributed by atoms with Crippen molar-refractivity contribution in [2.24, 2.45) is 11.0 Å². The first kappa shape index (κ1) is 39.1. The predicted molar refractivity (Wildman–Crippen MR) is 208 cm³/mol. The standard InChI is InChI=1S/C41H57N7O3/c1-11-28(5)20-22-47(40(49)51-41(8,9)10)33(12-2)17-15-16-31-25-36-38(45-30(31)7)39(43-27-42-36)46-32-18-19-37(29(6)24-32)50-35-21-23-48(44-14-4)34(13-3)26-35/h13-14,18-19,21,23-28,33H,11-12,15-17,20,22H2,1-10H3,(H,42,43,46)/b34-13+,44-14-. The fourth-order valence-corrected chi connectivity index (χ4v) is 5.98. The third-order valence-corrected chi connectivity index (χ3v) is 9.12. The molecule has 0 saturated carbocycles. The molecule has 2 unspecified atom stereocenters. The monoisotopic (exact) mass is 695 g/mol. The second kappa shape index (κ2) is 18.0. The van der Waals surface area contributed by atoms with E-state index in [1.54, 1.807) is 17.6 Å². The first-order chi connectivity index (χ1) is 24.3. The molecule has 274 valence electrons. The molecule has 2 atom stereocenters. The third kappa shape index (κ3) is 10.9. The van der Waals surface area contributed by atoms with Crippen molar-refractivity contribution in [3.05, 3.63) is 83.3 Å². The second-order valence-corrected chi connectivity index (χ2v) is 14.3. The fraction of sp³-hybridized carbons (Fsp3) is 0.488. The number of nitrogens with zero attached hydrogens (tertiary/aromatic N) is 6. The highest BCUT2D eigenvalue weighted by atomic mass is 16.6. The van der Waals surface area contributed by atoms with E-state index >= 15 is 0 Å². The normalized spacial score (nSPS) is 15.3. The zero-order chi connectivity index (χ0) is 37.1. The molecule has 0 bridgehead atoms. The molecule has 1 aliphatic rings. The molecule has 2 aromatic heterocycles. The molecule has 0 radical (unpaired) electrons. The van der Waals surface area contributed by atoms with E-state index < -0.39 is 5.60 Å². The van der Waals surface area contributed by atoms with Crippen LogP contribution in [0.5, 0.6) is 5.75 Å². The van der Waals surface area contributed by atoms with Gasteiger partial charge >= 0.3 is 6.09 Å². The first-order valence-electron chi connectivity index (χ1n) is 18.4. The molecule has 1 amide bonds. The van der Waals surface area contributed by atoms with Gasteiger partial charge in [0.2, 0.25) is 0 Å². The smallest absolute Gasteiger partial charge is 0.410 e. The van der Waals surface area contributed by atoms with Crippen molar-refractivity contribution in [1.29, 1.82) is 0 Å². The largest absolute Gasteiger partial charge is 0.457 e. The molecule has 1 aliphatic heterocycles. The summed E-state index contributed by atoms with van der Waals surface area (Å²) in [7, 11) is 0. The van der Waals surface area contributed by atoms with E-state index in [1.165, 1.54) is 0 Å². The molecule has 0 spiro atoms. The molecule has 51 heavy (non-hydrogen) atoms. The molecule has 10 heteroatoms. The van der Waals surface area contributed by atoms with Crippen LogP contribution < -0.4 is 10.1 Å². The van der Waals surface area contributed by atoms with Crippen LogP contribution in [0.15, 0.2) is 71.6 Å². The Morgan fingerprint density at radius 3 is 2.55 bits per heavy atom. The molecule has 0 fully saturated rings. The van der Waals surface area contributed by atoms with Gasteiger partial charge in [0.15, 0.2) is 5.82 Å². The molecular weight excluding hydrogens is 638 g/mol. The number of carbonyl (C=O) groups is 1. The first-order valence-corrected chi connectivity index (χ1v) is 18.4. The van der Waals surface area contributed by atoms with Crippen LogP contribution in [-0.2, 0) is 11.2 Å². The van der Waals surface area contributed by atoms with Gasteiger partial charge in [0.1, 0.15) is 29.0 Å². The van der Waals surface area contributed by atoms with Crippen LogP contribution in [-0.4, -0.2) is 55.4 Å². The number of fused-ring (bicyclic) bond motifs is 1. The number of benzene rings is 1. The summed E-state index contributed by atoms with van der Waals surface area (Å²) in [6.45, 7) is 21.0. The summed E-state index contributed by atoms with van der Waals surface area (Å²) in [6.07, 6.45) is 16.4. The van der Waals surface area contributed by atoms with E-state index in [2.05, 4.69) is 47.2 Å². The summed E-state index contributed by atoms with van der Waals surface area (Å²) >= 11 is 0. The second-order valence-electron chi connectivity index (χ2n) is 14.3. The minimum Gasteiger partial charge on any atom is -0.457 e. The zero-order valence-electron chi connectivity index (χ0n) is 32.3. The molecule has 0 aliphatic carbocycles. The summed E-state index contributed by atoms with van der Waals surface area (Å²) in [5.74, 6) is 2.70. The van der Waals surface area contributed by atoms with Crippen LogP contribution >= 0.6 is 0 Å². The van der Waals surface area contributed by atoms with Gasteiger partial charge in [0, 0.05) is 42.5 Å². The van der Waals surface area contributed by atoms with Gasteiger partial charge in [0.25, 0.3) is 0 Å². The average molecular weight is 696 g/mol. The lowest BCUT2D eigenvalue weighted by molar-refractivity contribution is 0.0134. The van der Waals surface area contributed by atoms with E-state index in [-0.39, 0.29) is 12.1 Å². The molecule has 10 nitrogen and oxygen atoms in total. The predicted octanol–water partition coefficient (Wildman–Crippen LogP) is 10.2. The Morgan fingerprint density at radius 2 is 1.88 bits per heavy atom. The molecule has 4 rings (SSSR count). The van der Waals surface area contributed by atoms with E-state index in [1.807, 2.05) is 96.0 Å². The lowest BCUT2D eigenvalue weighted by Crippen LogP contribution is -2.44. The molecule has 1 aromatic carbocycles. The minimum atomic E-state index is -0.529. The summed E-state index contributed by atoms with van der Waals surface area (Å²) in [5, 5.41) is 9.60. The van der Waals surface area contributed by atoms with Crippen molar-refractivity contribution in [3.63, 3.8) is 0 Å². The highest BCUT2D eigenvalue weighted by Crippen LogP contribution is 2.30. The topological polar surface area (TPSA) is 105 Å². The van der Waals surface area contributed by atoms with Crippen molar-refractivity contribution in [1.82, 2.24) is 24.9 Å². The SMILES string of the molecule is C/C=N\N1C=CC(Oc2ccc(Nc3ncnc4cc(CCCC(CC)N(CCC(C)CC)C(=O)OC(C)(C)C)c(C)nc34)cc2C)=C/C1=C\C. The lowest BCUT2D eigenvalue weighted by Gasteiger charge is -2.34. The van der Waals surface area contributed by atoms with Crippen molar-refractivity contribution in [2.75, 3.05) is 11.9 Å². The number of ether oxygens (including phenoxy) is 2. The number of hydrogen-bond donors (Lipinski definition) is 1. The number of anilines is 2. The number of nitrogens with one attached hydrogen (secondary N) is 1. The number of amides is 1. The van der Waals surface area contributed by atoms with Crippen LogP contribution in [0, 0.1) is 19.8 Å². The van der Waals surface area contributed by atoms with Gasteiger partial charge in [0.05, 0.1) is 11.2 Å². The zero-order valence-corrected chi connectivity index (χ0v) is 32.3. The van der Waals surface area contributed by atoms with Gasteiger partial charge < -0.3 is 19.7 Å². The number of hydrazone groups is 1. The van der Waals surface area contributed by atoms with Crippen LogP contribution in [0.3, 0.4) is 0 Å². The average Bonchev–Trinajstić information content (AvgIpc) is 3.09. The van der Waals surface area contributed by atoms with Gasteiger partial charge in [-0.25, -0.2) is 24.8 Å². The number of allylic oxidation sites excluding steroid dienone is 3. The van der Waals surface area contributed by atoms with Crippen LogP contribution in [0.1, 0.15) is 104 Å². The summed E-state index contributed by atoms with van der Waals surface area (Å²) in [6, 6.07) is 8.21. The lowest BCUT2D eigenvalue weighted by atomic mass is 9.99. The fourth-order valence-electron chi connectivity index (χ4n) is 5.98. The number of hydrogen-bond acceptors (Lipinski definition) is 9. The Labute approximate surface area is 304 Å². The Balaban J connectivity index is 1.44. The Bertz CT molecular complexity index is 1770. The Morgan fingerprint density at radius 1 is 1.10 bits per heavy atom. The van der Waals surface area contributed by atoms with Gasteiger partial charge in [-0.05, 0) is 128 Å². The number of pyridine rings is 1. The Kier molecular flexibility index (Phi) is 13.8. The summed E-state index contributed by atoms with van der Waals surface area (Å²) in [5.41, 5.74) is 5.88. The van der Waals surface area contributed by atoms with Crippen molar-refractivity contribution in [2.45, 2.75) is 119 Å². The molecule has 3 aromatic rings. The van der Waals surface area contributed by atoms with E-state index in [9.17, 15) is 4.79 Å². The maximum Gasteiger partial charge on any atom is 0.410 e. The van der Waals surface area contributed by atoms with E-state index in [4.69, 9.17) is 14.5 Å². The van der Waals surface area contributed by atoms with Gasteiger partial charge in [-0.3, -0.25) is 0 Å². The summed E-state index contributed by atoms with van der Waals surface area (Å²) < 4.78 is 12.1. The quantitative estimate of drug-likeness (QED) is 0.157.